The molecule has 2 rings (SSSR count). The summed E-state index contributed by atoms with van der Waals surface area (Å²) in [6, 6.07) is 11.2. The summed E-state index contributed by atoms with van der Waals surface area (Å²) in [5.41, 5.74) is 1.74. The molecular weight excluding hydrogens is 334 g/mol. The van der Waals surface area contributed by atoms with E-state index in [0.29, 0.717) is 11.8 Å². The topological polar surface area (TPSA) is 0 Å². The van der Waals surface area contributed by atoms with E-state index in [-0.39, 0.29) is 16.8 Å². The summed E-state index contributed by atoms with van der Waals surface area (Å²) < 4.78 is 26.6. The third kappa shape index (κ3) is 3.77. The van der Waals surface area contributed by atoms with Crippen LogP contribution in [0.15, 0.2) is 42.5 Å². The predicted octanol–water partition coefficient (Wildman–Crippen LogP) is 5.34. The smallest absolute Gasteiger partial charge is 0.142 e. The zero-order valence-corrected chi connectivity index (χ0v) is 12.4. The van der Waals surface area contributed by atoms with Gasteiger partial charge in [-0.2, -0.15) is 0 Å². The lowest BCUT2D eigenvalue weighted by Crippen LogP contribution is -2.05. The normalized spacial score (nSPS) is 12.4. The summed E-state index contributed by atoms with van der Waals surface area (Å²) in [6.45, 7) is 0. The number of rotatable bonds is 4. The van der Waals surface area contributed by atoms with Crippen LogP contribution in [0.25, 0.3) is 0 Å². The molecule has 0 radical (unpaired) electrons. The van der Waals surface area contributed by atoms with Crippen molar-refractivity contribution in [1.82, 2.24) is 0 Å². The fraction of sp³-hybridized carbons (Fsp3) is 0.200. The molecule has 0 aromatic heterocycles. The summed E-state index contributed by atoms with van der Waals surface area (Å²) in [6.07, 6.45) is 0.628. The van der Waals surface area contributed by atoms with Gasteiger partial charge >= 0.3 is 0 Å². The lowest BCUT2D eigenvalue weighted by molar-refractivity contribution is 0.618. The molecule has 19 heavy (non-hydrogen) atoms. The second kappa shape index (κ2) is 6.49. The zero-order chi connectivity index (χ0) is 13.8. The average molecular weight is 346 g/mol. The molecule has 0 saturated carbocycles. The van der Waals surface area contributed by atoms with E-state index in [4.69, 9.17) is 11.6 Å². The molecule has 0 N–H and O–H groups in total. The van der Waals surface area contributed by atoms with Crippen molar-refractivity contribution >= 4 is 27.5 Å². The van der Waals surface area contributed by atoms with Gasteiger partial charge in [0.05, 0.1) is 5.02 Å². The summed E-state index contributed by atoms with van der Waals surface area (Å²) in [5.74, 6) is -0.589. The molecule has 0 spiro atoms. The highest BCUT2D eigenvalue weighted by molar-refractivity contribution is 9.09. The molecule has 4 heteroatoms. The van der Waals surface area contributed by atoms with Crippen molar-refractivity contribution in [1.29, 1.82) is 0 Å². The molecular formula is C15H12BrClF2. The van der Waals surface area contributed by atoms with Crippen LogP contribution < -0.4 is 0 Å². The van der Waals surface area contributed by atoms with Gasteiger partial charge in [0.1, 0.15) is 11.6 Å². The number of halogens is 4. The van der Waals surface area contributed by atoms with Crippen molar-refractivity contribution in [3.05, 3.63) is 70.2 Å². The van der Waals surface area contributed by atoms with Gasteiger partial charge in [-0.1, -0.05) is 45.7 Å². The van der Waals surface area contributed by atoms with Crippen molar-refractivity contribution < 1.29 is 8.78 Å². The van der Waals surface area contributed by atoms with Gasteiger partial charge < -0.3 is 0 Å². The lowest BCUT2D eigenvalue weighted by atomic mass is 9.93. The Morgan fingerprint density at radius 3 is 2.53 bits per heavy atom. The Kier molecular flexibility index (Phi) is 4.94. The van der Waals surface area contributed by atoms with Gasteiger partial charge in [0.2, 0.25) is 0 Å². The minimum Gasteiger partial charge on any atom is -0.207 e. The summed E-state index contributed by atoms with van der Waals surface area (Å²) in [5, 5.41) is 0.797. The summed E-state index contributed by atoms with van der Waals surface area (Å²) in [4.78, 5) is 0. The minimum atomic E-state index is -0.424. The molecule has 0 bridgehead atoms. The first kappa shape index (κ1) is 14.5. The molecule has 2 aromatic rings. The first-order chi connectivity index (χ1) is 9.10. The van der Waals surface area contributed by atoms with Crippen molar-refractivity contribution in [2.75, 3.05) is 5.33 Å². The lowest BCUT2D eigenvalue weighted by Gasteiger charge is -2.15. The molecule has 0 nitrogen and oxygen atoms in total. The van der Waals surface area contributed by atoms with Crippen LogP contribution in [0.2, 0.25) is 5.02 Å². The van der Waals surface area contributed by atoms with E-state index in [9.17, 15) is 8.78 Å². The second-order valence-corrected chi connectivity index (χ2v) is 5.41. The molecule has 0 aliphatic rings. The highest BCUT2D eigenvalue weighted by atomic mass is 79.9. The van der Waals surface area contributed by atoms with Gasteiger partial charge in [-0.15, -0.1) is 0 Å². The molecule has 1 atom stereocenters. The van der Waals surface area contributed by atoms with E-state index in [1.807, 2.05) is 6.07 Å². The van der Waals surface area contributed by atoms with Crippen LogP contribution >= 0.6 is 27.5 Å². The maximum absolute atomic E-state index is 13.4. The predicted molar refractivity (Wildman–Crippen MR) is 78.0 cm³/mol. The average Bonchev–Trinajstić information content (AvgIpc) is 2.40. The van der Waals surface area contributed by atoms with Gasteiger partial charge in [-0.25, -0.2) is 8.78 Å². The van der Waals surface area contributed by atoms with Gasteiger partial charge in [-0.3, -0.25) is 0 Å². The van der Waals surface area contributed by atoms with Crippen LogP contribution in [-0.2, 0) is 6.42 Å². The maximum Gasteiger partial charge on any atom is 0.142 e. The van der Waals surface area contributed by atoms with E-state index >= 15 is 0 Å². The maximum atomic E-state index is 13.4. The van der Waals surface area contributed by atoms with Crippen LogP contribution in [0, 0.1) is 11.6 Å². The Balaban J connectivity index is 2.21. The van der Waals surface area contributed by atoms with Crippen LogP contribution in [-0.4, -0.2) is 5.33 Å². The molecule has 0 fully saturated rings. The van der Waals surface area contributed by atoms with Crippen LogP contribution in [0.4, 0.5) is 8.78 Å². The van der Waals surface area contributed by atoms with Gasteiger partial charge in [0.15, 0.2) is 0 Å². The Morgan fingerprint density at radius 1 is 1.11 bits per heavy atom. The van der Waals surface area contributed by atoms with Gasteiger partial charge in [0, 0.05) is 5.33 Å². The third-order valence-corrected chi connectivity index (χ3v) is 4.06. The van der Waals surface area contributed by atoms with E-state index in [1.54, 1.807) is 18.2 Å². The Bertz CT molecular complexity index is 572. The fourth-order valence-electron chi connectivity index (χ4n) is 1.97. The number of hydrogen-bond acceptors (Lipinski definition) is 0. The SMILES string of the molecule is Fc1cccc(C(CBr)Cc2ccc(Cl)c(F)c2)c1. The van der Waals surface area contributed by atoms with E-state index in [2.05, 4.69) is 15.9 Å². The second-order valence-electron chi connectivity index (χ2n) is 4.36. The standard InChI is InChI=1S/C15H12BrClF2/c16-9-12(11-2-1-3-13(18)8-11)6-10-4-5-14(17)15(19)7-10/h1-5,7-8,12H,6,9H2. The third-order valence-electron chi connectivity index (χ3n) is 2.97. The molecule has 0 amide bonds. The van der Waals surface area contributed by atoms with Crippen LogP contribution in [0.3, 0.4) is 0 Å². The molecule has 1 unspecified atom stereocenters. The first-order valence-corrected chi connectivity index (χ1v) is 7.35. The first-order valence-electron chi connectivity index (χ1n) is 5.85. The highest BCUT2D eigenvalue weighted by Gasteiger charge is 2.13. The van der Waals surface area contributed by atoms with E-state index in [0.717, 1.165) is 11.1 Å². The van der Waals surface area contributed by atoms with Crippen LogP contribution in [0.5, 0.6) is 0 Å². The van der Waals surface area contributed by atoms with Crippen molar-refractivity contribution in [3.63, 3.8) is 0 Å². The number of alkyl halides is 1. The molecule has 0 heterocycles. The van der Waals surface area contributed by atoms with Crippen molar-refractivity contribution in [3.8, 4) is 0 Å². The zero-order valence-electron chi connectivity index (χ0n) is 10.0. The van der Waals surface area contributed by atoms with E-state index < -0.39 is 5.82 Å². The fourth-order valence-corrected chi connectivity index (χ4v) is 2.69. The minimum absolute atomic E-state index is 0.0938. The molecule has 0 saturated heterocycles. The molecule has 0 aliphatic carbocycles. The van der Waals surface area contributed by atoms with E-state index in [1.165, 1.54) is 18.2 Å². The Hall–Kier alpha value is -0.930. The Morgan fingerprint density at radius 2 is 1.89 bits per heavy atom. The number of benzene rings is 2. The largest absolute Gasteiger partial charge is 0.207 e. The molecule has 100 valence electrons. The van der Waals surface area contributed by atoms with Gasteiger partial charge in [0.25, 0.3) is 0 Å². The van der Waals surface area contributed by atoms with Gasteiger partial charge in [-0.05, 0) is 47.7 Å². The Labute approximate surface area is 124 Å². The number of hydrogen-bond donors (Lipinski definition) is 0. The quantitative estimate of drug-likeness (QED) is 0.656. The summed E-state index contributed by atoms with van der Waals surface area (Å²) in [7, 11) is 0. The van der Waals surface area contributed by atoms with Crippen LogP contribution in [0.1, 0.15) is 17.0 Å². The monoisotopic (exact) mass is 344 g/mol. The van der Waals surface area contributed by atoms with Crippen molar-refractivity contribution in [2.45, 2.75) is 12.3 Å². The molecule has 2 aromatic carbocycles. The molecule has 0 aliphatic heterocycles. The van der Waals surface area contributed by atoms with Crippen molar-refractivity contribution in [2.24, 2.45) is 0 Å². The highest BCUT2D eigenvalue weighted by Crippen LogP contribution is 2.25. The summed E-state index contributed by atoms with van der Waals surface area (Å²) >= 11 is 9.08.